The van der Waals surface area contributed by atoms with Crippen LogP contribution in [0.5, 0.6) is 0 Å². The van der Waals surface area contributed by atoms with Gasteiger partial charge in [-0.2, -0.15) is 0 Å². The number of amides is 1. The summed E-state index contributed by atoms with van der Waals surface area (Å²) >= 11 is 1.63. The molecule has 3 N–H and O–H groups in total. The monoisotopic (exact) mass is 290 g/mol. The lowest BCUT2D eigenvalue weighted by Crippen LogP contribution is -2.31. The van der Waals surface area contributed by atoms with Gasteiger partial charge in [-0.3, -0.25) is 4.79 Å². The molecule has 1 aromatic heterocycles. The van der Waals surface area contributed by atoms with Gasteiger partial charge in [-0.15, -0.1) is 11.3 Å². The van der Waals surface area contributed by atoms with E-state index in [4.69, 9.17) is 5.11 Å². The van der Waals surface area contributed by atoms with Gasteiger partial charge in [0.05, 0.1) is 19.2 Å². The molecule has 1 amide bonds. The minimum absolute atomic E-state index is 0.00285. The highest BCUT2D eigenvalue weighted by atomic mass is 32.1. The van der Waals surface area contributed by atoms with Crippen LogP contribution in [0.15, 0.2) is 41.8 Å². The quantitative estimate of drug-likeness (QED) is 0.766. The molecule has 5 heteroatoms. The number of thiophene rings is 1. The fourth-order valence-electron chi connectivity index (χ4n) is 1.86. The number of carbonyl (C=O) groups is 1. The summed E-state index contributed by atoms with van der Waals surface area (Å²) in [7, 11) is 0. The molecule has 0 radical (unpaired) electrons. The molecule has 1 aromatic carbocycles. The number of rotatable bonds is 6. The lowest BCUT2D eigenvalue weighted by Gasteiger charge is -2.13. The number of aliphatic hydroxyl groups excluding tert-OH is 1. The Morgan fingerprint density at radius 1 is 1.35 bits per heavy atom. The number of anilines is 1. The van der Waals surface area contributed by atoms with Crippen molar-refractivity contribution in [2.24, 2.45) is 0 Å². The van der Waals surface area contributed by atoms with Crippen LogP contribution < -0.4 is 10.6 Å². The minimum Gasteiger partial charge on any atom is -0.392 e. The zero-order valence-corrected chi connectivity index (χ0v) is 12.1. The maximum Gasteiger partial charge on any atom is 0.239 e. The second-order valence-electron chi connectivity index (χ2n) is 4.52. The number of hydrogen-bond donors (Lipinski definition) is 3. The molecule has 0 aliphatic rings. The molecular formula is C15H18N2O2S. The summed E-state index contributed by atoms with van der Waals surface area (Å²) in [6.45, 7) is 2.18. The summed E-state index contributed by atoms with van der Waals surface area (Å²) in [4.78, 5) is 13.0. The fraction of sp³-hybridized carbons (Fsp3) is 0.267. The van der Waals surface area contributed by atoms with Crippen LogP contribution in [0.2, 0.25) is 0 Å². The van der Waals surface area contributed by atoms with Gasteiger partial charge in [0.15, 0.2) is 0 Å². The maximum atomic E-state index is 11.9. The number of nitrogens with one attached hydrogen (secondary N) is 2. The first-order valence-electron chi connectivity index (χ1n) is 6.45. The highest BCUT2D eigenvalue weighted by molar-refractivity contribution is 7.10. The van der Waals surface area contributed by atoms with Gasteiger partial charge in [0.25, 0.3) is 0 Å². The number of aliphatic hydroxyl groups is 1. The number of hydrogen-bond acceptors (Lipinski definition) is 4. The van der Waals surface area contributed by atoms with Gasteiger partial charge in [0.2, 0.25) is 5.91 Å². The Balaban J connectivity index is 1.83. The first-order chi connectivity index (χ1) is 9.69. The van der Waals surface area contributed by atoms with Crippen LogP contribution in [0.3, 0.4) is 0 Å². The molecule has 20 heavy (non-hydrogen) atoms. The average Bonchev–Trinajstić information content (AvgIpc) is 2.99. The van der Waals surface area contributed by atoms with Crippen molar-refractivity contribution in [1.29, 1.82) is 0 Å². The van der Waals surface area contributed by atoms with E-state index in [2.05, 4.69) is 10.6 Å². The molecule has 0 aliphatic heterocycles. The molecule has 1 heterocycles. The zero-order valence-electron chi connectivity index (χ0n) is 11.3. The van der Waals surface area contributed by atoms with Crippen molar-refractivity contribution in [3.8, 4) is 0 Å². The largest absolute Gasteiger partial charge is 0.392 e. The van der Waals surface area contributed by atoms with Gasteiger partial charge in [-0.25, -0.2) is 0 Å². The Morgan fingerprint density at radius 3 is 2.90 bits per heavy atom. The predicted molar refractivity (Wildman–Crippen MR) is 81.7 cm³/mol. The van der Waals surface area contributed by atoms with Gasteiger partial charge in [-0.1, -0.05) is 18.2 Å². The summed E-state index contributed by atoms with van der Waals surface area (Å²) in [6.07, 6.45) is 0. The molecule has 2 rings (SSSR count). The van der Waals surface area contributed by atoms with Crippen LogP contribution in [0.25, 0.3) is 0 Å². The van der Waals surface area contributed by atoms with Crippen molar-refractivity contribution in [2.75, 3.05) is 11.9 Å². The van der Waals surface area contributed by atoms with Crippen LogP contribution in [0, 0.1) is 0 Å². The molecular weight excluding hydrogens is 272 g/mol. The Bertz CT molecular complexity index is 555. The normalized spacial score (nSPS) is 11.9. The molecule has 106 valence electrons. The van der Waals surface area contributed by atoms with Gasteiger partial charge in [0.1, 0.15) is 0 Å². The van der Waals surface area contributed by atoms with Crippen molar-refractivity contribution in [3.05, 3.63) is 52.2 Å². The lowest BCUT2D eigenvalue weighted by molar-refractivity contribution is -0.120. The van der Waals surface area contributed by atoms with E-state index in [1.807, 2.05) is 48.7 Å². The third-order valence-corrected chi connectivity index (χ3v) is 3.97. The van der Waals surface area contributed by atoms with E-state index in [0.717, 1.165) is 16.1 Å². The van der Waals surface area contributed by atoms with Gasteiger partial charge >= 0.3 is 0 Å². The third-order valence-electron chi connectivity index (χ3n) is 2.91. The van der Waals surface area contributed by atoms with Crippen LogP contribution in [0.1, 0.15) is 23.4 Å². The first kappa shape index (κ1) is 14.6. The Hall–Kier alpha value is -1.85. The maximum absolute atomic E-state index is 11.9. The molecule has 2 aromatic rings. The Morgan fingerprint density at radius 2 is 2.20 bits per heavy atom. The van der Waals surface area contributed by atoms with Gasteiger partial charge in [0, 0.05) is 10.6 Å². The van der Waals surface area contributed by atoms with E-state index in [1.165, 1.54) is 0 Å². The Kier molecular flexibility index (Phi) is 5.15. The minimum atomic E-state index is -0.0553. The van der Waals surface area contributed by atoms with E-state index in [0.29, 0.717) is 0 Å². The summed E-state index contributed by atoms with van der Waals surface area (Å²) in [6, 6.07) is 11.4. The fourth-order valence-corrected chi connectivity index (χ4v) is 2.60. The molecule has 0 aliphatic carbocycles. The van der Waals surface area contributed by atoms with E-state index < -0.39 is 0 Å². The molecule has 0 spiro atoms. The molecule has 0 saturated heterocycles. The van der Waals surface area contributed by atoms with Crippen LogP contribution in [-0.4, -0.2) is 17.6 Å². The highest BCUT2D eigenvalue weighted by Gasteiger charge is 2.09. The second-order valence-corrected chi connectivity index (χ2v) is 5.50. The van der Waals surface area contributed by atoms with Gasteiger partial charge in [-0.05, 0) is 36.1 Å². The first-order valence-corrected chi connectivity index (χ1v) is 7.33. The molecule has 1 unspecified atom stereocenters. The SMILES string of the molecule is CC(NC(=O)CNc1cccc(CO)c1)c1cccs1. The summed E-state index contributed by atoms with van der Waals surface area (Å²) in [5, 5.41) is 17.0. The van der Waals surface area contributed by atoms with Crippen molar-refractivity contribution < 1.29 is 9.90 Å². The van der Waals surface area contributed by atoms with Gasteiger partial charge < -0.3 is 15.7 Å². The van der Waals surface area contributed by atoms with Crippen LogP contribution >= 0.6 is 11.3 Å². The predicted octanol–water partition coefficient (Wildman–Crippen LogP) is 2.53. The summed E-state index contributed by atoms with van der Waals surface area (Å²) in [5.41, 5.74) is 1.65. The van der Waals surface area contributed by atoms with E-state index >= 15 is 0 Å². The lowest BCUT2D eigenvalue weighted by atomic mass is 10.2. The third kappa shape index (κ3) is 4.08. The zero-order chi connectivity index (χ0) is 14.4. The molecule has 0 saturated carbocycles. The van der Waals surface area contributed by atoms with Crippen LogP contribution in [-0.2, 0) is 11.4 Å². The van der Waals surface area contributed by atoms with E-state index in [1.54, 1.807) is 11.3 Å². The smallest absolute Gasteiger partial charge is 0.239 e. The summed E-state index contributed by atoms with van der Waals surface area (Å²) in [5.74, 6) is -0.0553. The second kappa shape index (κ2) is 7.07. The number of carbonyl (C=O) groups excluding carboxylic acids is 1. The van der Waals surface area contributed by atoms with Crippen molar-refractivity contribution in [1.82, 2.24) is 5.32 Å². The number of benzene rings is 1. The van der Waals surface area contributed by atoms with E-state index in [-0.39, 0.29) is 25.1 Å². The standard InChI is InChI=1S/C15H18N2O2S/c1-11(14-6-3-7-20-14)17-15(19)9-16-13-5-2-4-12(8-13)10-18/h2-8,11,16,18H,9-10H2,1H3,(H,17,19). The molecule has 1 atom stereocenters. The summed E-state index contributed by atoms with van der Waals surface area (Å²) < 4.78 is 0. The molecule has 4 nitrogen and oxygen atoms in total. The topological polar surface area (TPSA) is 61.4 Å². The highest BCUT2D eigenvalue weighted by Crippen LogP contribution is 2.17. The Labute approximate surface area is 122 Å². The van der Waals surface area contributed by atoms with Crippen molar-refractivity contribution in [3.63, 3.8) is 0 Å². The molecule has 0 bridgehead atoms. The van der Waals surface area contributed by atoms with Crippen LogP contribution in [0.4, 0.5) is 5.69 Å². The van der Waals surface area contributed by atoms with Crippen molar-refractivity contribution in [2.45, 2.75) is 19.6 Å². The average molecular weight is 290 g/mol. The van der Waals surface area contributed by atoms with Crippen molar-refractivity contribution >= 4 is 22.9 Å². The van der Waals surface area contributed by atoms with E-state index in [9.17, 15) is 4.79 Å². The molecule has 0 fully saturated rings.